The molecule has 0 spiro atoms. The summed E-state index contributed by atoms with van der Waals surface area (Å²) in [5, 5.41) is 13.4. The van der Waals surface area contributed by atoms with Crippen molar-refractivity contribution >= 4 is 17.6 Å². The standard InChI is InChI=1S/C39H38N4O7/c1-48-33-20-12-19-32(36(33)49-2)39(28-15-8-4-9-16-28,29-17-10-5-11-18-29)50-26-30-23-31(44)24-43(30)35(45)25-42-22-21-34(41-38(42)47)40-37(46)27-13-6-3-7-14-27/h3-22,30-31,44H,23-26H2,1-2H3,(H,40,41,46,47). The van der Waals surface area contributed by atoms with Crippen LogP contribution < -0.4 is 20.5 Å². The maximum absolute atomic E-state index is 13.8. The van der Waals surface area contributed by atoms with E-state index >= 15 is 0 Å². The van der Waals surface area contributed by atoms with Gasteiger partial charge in [0.1, 0.15) is 18.0 Å². The van der Waals surface area contributed by atoms with Crippen LogP contribution in [0, 0.1) is 0 Å². The second-order valence-electron chi connectivity index (χ2n) is 11.9. The van der Waals surface area contributed by atoms with Gasteiger partial charge in [-0.2, -0.15) is 4.98 Å². The molecule has 1 aliphatic rings. The van der Waals surface area contributed by atoms with Gasteiger partial charge in [0.05, 0.1) is 33.0 Å². The Kier molecular flexibility index (Phi) is 10.4. The van der Waals surface area contributed by atoms with Gasteiger partial charge >= 0.3 is 5.69 Å². The highest BCUT2D eigenvalue weighted by molar-refractivity contribution is 6.03. The first-order valence-electron chi connectivity index (χ1n) is 16.2. The van der Waals surface area contributed by atoms with E-state index in [4.69, 9.17) is 14.2 Å². The van der Waals surface area contributed by atoms with Crippen LogP contribution in [0.5, 0.6) is 11.5 Å². The molecule has 2 amide bonds. The molecule has 11 heteroatoms. The molecule has 1 aromatic heterocycles. The number of likely N-dealkylation sites (tertiary alicyclic amines) is 1. The Bertz CT molecular complexity index is 1950. The van der Waals surface area contributed by atoms with Crippen LogP contribution in [0.15, 0.2) is 126 Å². The maximum atomic E-state index is 13.8. The number of hydrogen-bond donors (Lipinski definition) is 2. The largest absolute Gasteiger partial charge is 0.493 e. The average Bonchev–Trinajstić information content (AvgIpc) is 3.54. The molecule has 0 radical (unpaired) electrons. The van der Waals surface area contributed by atoms with E-state index < -0.39 is 29.3 Å². The molecule has 2 heterocycles. The Balaban J connectivity index is 1.28. The molecule has 2 atom stereocenters. The monoisotopic (exact) mass is 674 g/mol. The third-order valence-electron chi connectivity index (χ3n) is 8.81. The molecule has 4 aromatic carbocycles. The van der Waals surface area contributed by atoms with Crippen molar-refractivity contribution in [2.24, 2.45) is 0 Å². The number of hydrogen-bond acceptors (Lipinski definition) is 8. The predicted molar refractivity (Wildman–Crippen MR) is 187 cm³/mol. The van der Waals surface area contributed by atoms with Crippen LogP contribution in [-0.2, 0) is 21.7 Å². The number of amides is 2. The van der Waals surface area contributed by atoms with Crippen molar-refractivity contribution in [2.75, 3.05) is 32.7 Å². The second-order valence-corrected chi connectivity index (χ2v) is 11.9. The number of β-amino-alcohol motifs (C(OH)–C–C–N with tert-alkyl or cyclic N) is 1. The van der Waals surface area contributed by atoms with Crippen LogP contribution in [-0.4, -0.2) is 70.9 Å². The minimum Gasteiger partial charge on any atom is -0.493 e. The minimum absolute atomic E-state index is 0.0462. The average molecular weight is 675 g/mol. The Morgan fingerprint density at radius 1 is 0.860 bits per heavy atom. The Morgan fingerprint density at radius 2 is 1.50 bits per heavy atom. The first kappa shape index (κ1) is 34.1. The highest BCUT2D eigenvalue weighted by Crippen LogP contribution is 2.47. The summed E-state index contributed by atoms with van der Waals surface area (Å²) >= 11 is 0. The van der Waals surface area contributed by atoms with E-state index in [-0.39, 0.29) is 37.8 Å². The Hall–Kier alpha value is -5.78. The van der Waals surface area contributed by atoms with Gasteiger partial charge in [-0.1, -0.05) is 91.0 Å². The third-order valence-corrected chi connectivity index (χ3v) is 8.81. The highest BCUT2D eigenvalue weighted by atomic mass is 16.5. The molecule has 50 heavy (non-hydrogen) atoms. The lowest BCUT2D eigenvalue weighted by atomic mass is 9.79. The molecule has 2 N–H and O–H groups in total. The van der Waals surface area contributed by atoms with Crippen LogP contribution >= 0.6 is 0 Å². The van der Waals surface area contributed by atoms with E-state index in [0.717, 1.165) is 11.1 Å². The molecular formula is C39H38N4O7. The molecule has 11 nitrogen and oxygen atoms in total. The summed E-state index contributed by atoms with van der Waals surface area (Å²) < 4.78 is 19.8. The molecule has 1 fully saturated rings. The first-order chi connectivity index (χ1) is 24.3. The number of ether oxygens (including phenoxy) is 3. The number of carbonyl (C=O) groups excluding carboxylic acids is 2. The van der Waals surface area contributed by atoms with Crippen LogP contribution in [0.4, 0.5) is 5.82 Å². The van der Waals surface area contributed by atoms with E-state index in [1.807, 2.05) is 78.9 Å². The summed E-state index contributed by atoms with van der Waals surface area (Å²) in [6.45, 7) is -0.189. The molecule has 2 unspecified atom stereocenters. The number of nitrogens with zero attached hydrogens (tertiary/aromatic N) is 3. The zero-order valence-corrected chi connectivity index (χ0v) is 27.8. The molecule has 0 bridgehead atoms. The molecule has 0 aliphatic carbocycles. The van der Waals surface area contributed by atoms with Crippen LogP contribution in [0.3, 0.4) is 0 Å². The van der Waals surface area contributed by atoms with Crippen molar-refractivity contribution in [1.82, 2.24) is 14.5 Å². The maximum Gasteiger partial charge on any atom is 0.349 e. The number of rotatable bonds is 12. The summed E-state index contributed by atoms with van der Waals surface area (Å²) in [4.78, 5) is 44.7. The van der Waals surface area contributed by atoms with Gasteiger partial charge < -0.3 is 29.5 Å². The van der Waals surface area contributed by atoms with Gasteiger partial charge in [0, 0.05) is 23.9 Å². The van der Waals surface area contributed by atoms with E-state index in [9.17, 15) is 19.5 Å². The van der Waals surface area contributed by atoms with Gasteiger partial charge in [0.15, 0.2) is 11.5 Å². The number of aromatic nitrogens is 2. The van der Waals surface area contributed by atoms with E-state index in [2.05, 4.69) is 10.3 Å². The topological polar surface area (TPSA) is 132 Å². The number of aliphatic hydroxyl groups is 1. The highest BCUT2D eigenvalue weighted by Gasteiger charge is 2.43. The molecule has 6 rings (SSSR count). The number of para-hydroxylation sites is 1. The normalized spacial score (nSPS) is 15.8. The fourth-order valence-corrected chi connectivity index (χ4v) is 6.44. The fraction of sp³-hybridized carbons (Fsp3) is 0.231. The number of benzene rings is 4. The summed E-state index contributed by atoms with van der Waals surface area (Å²) in [5.41, 5.74) is 0.866. The second kappa shape index (κ2) is 15.2. The summed E-state index contributed by atoms with van der Waals surface area (Å²) in [6.07, 6.45) is 0.904. The number of methoxy groups -OCH3 is 2. The Labute approximate surface area is 289 Å². The smallest absolute Gasteiger partial charge is 0.349 e. The van der Waals surface area contributed by atoms with Crippen molar-refractivity contribution < 1.29 is 28.9 Å². The van der Waals surface area contributed by atoms with Gasteiger partial charge in [0.25, 0.3) is 5.91 Å². The number of anilines is 1. The van der Waals surface area contributed by atoms with Gasteiger partial charge in [-0.15, -0.1) is 0 Å². The van der Waals surface area contributed by atoms with E-state index in [1.165, 1.54) is 16.8 Å². The lowest BCUT2D eigenvalue weighted by Gasteiger charge is -2.38. The molecular weight excluding hydrogens is 636 g/mol. The predicted octanol–water partition coefficient (Wildman–Crippen LogP) is 4.48. The zero-order valence-electron chi connectivity index (χ0n) is 27.8. The zero-order chi connectivity index (χ0) is 35.1. The van der Waals surface area contributed by atoms with Crippen LogP contribution in [0.2, 0.25) is 0 Å². The van der Waals surface area contributed by atoms with Gasteiger partial charge in [-0.3, -0.25) is 14.2 Å². The number of carbonyl (C=O) groups is 2. The SMILES string of the molecule is COc1cccc(C(OCC2CC(O)CN2C(=O)Cn2ccc(NC(=O)c3ccccc3)nc2=O)(c2ccccc2)c2ccccc2)c1OC. The third kappa shape index (κ3) is 7.00. The molecule has 1 saturated heterocycles. The molecule has 1 aliphatic heterocycles. The van der Waals surface area contributed by atoms with Crippen LogP contribution in [0.25, 0.3) is 0 Å². The Morgan fingerprint density at radius 3 is 2.10 bits per heavy atom. The van der Waals surface area contributed by atoms with E-state index in [0.29, 0.717) is 22.6 Å². The van der Waals surface area contributed by atoms with Gasteiger partial charge in [-0.25, -0.2) is 4.79 Å². The quantitative estimate of drug-likeness (QED) is 0.185. The van der Waals surface area contributed by atoms with Crippen molar-refractivity contribution in [3.05, 3.63) is 154 Å². The van der Waals surface area contributed by atoms with Gasteiger partial charge in [-0.05, 0) is 41.8 Å². The van der Waals surface area contributed by atoms with Crippen molar-refractivity contribution in [2.45, 2.75) is 30.7 Å². The fourth-order valence-electron chi connectivity index (χ4n) is 6.44. The van der Waals surface area contributed by atoms with Gasteiger partial charge in [0.2, 0.25) is 5.91 Å². The number of aliphatic hydroxyl groups excluding tert-OH is 1. The van der Waals surface area contributed by atoms with Crippen LogP contribution in [0.1, 0.15) is 33.5 Å². The minimum atomic E-state index is -1.20. The summed E-state index contributed by atoms with van der Waals surface area (Å²) in [6, 6.07) is 34.6. The summed E-state index contributed by atoms with van der Waals surface area (Å²) in [5.74, 6) is 0.305. The van der Waals surface area contributed by atoms with Crippen molar-refractivity contribution in [3.63, 3.8) is 0 Å². The van der Waals surface area contributed by atoms with Crippen molar-refractivity contribution in [1.29, 1.82) is 0 Å². The lowest BCUT2D eigenvalue weighted by molar-refractivity contribution is -0.135. The molecule has 256 valence electrons. The lowest BCUT2D eigenvalue weighted by Crippen LogP contribution is -2.44. The van der Waals surface area contributed by atoms with E-state index in [1.54, 1.807) is 49.5 Å². The molecule has 0 saturated carbocycles. The molecule has 5 aromatic rings. The first-order valence-corrected chi connectivity index (χ1v) is 16.2. The number of nitrogens with one attached hydrogen (secondary N) is 1. The van der Waals surface area contributed by atoms with Crippen molar-refractivity contribution in [3.8, 4) is 11.5 Å². The summed E-state index contributed by atoms with van der Waals surface area (Å²) in [7, 11) is 3.16.